The van der Waals surface area contributed by atoms with E-state index in [1.54, 1.807) is 24.1 Å². The van der Waals surface area contributed by atoms with Gasteiger partial charge in [-0.15, -0.1) is 0 Å². The molecule has 1 atom stereocenters. The highest BCUT2D eigenvalue weighted by molar-refractivity contribution is 5.97. The molecular weight excluding hydrogens is 364 g/mol. The molecular formula is C24H30N2O3. The normalized spacial score (nSPS) is 15.0. The van der Waals surface area contributed by atoms with Crippen LogP contribution in [0.5, 0.6) is 5.75 Å². The lowest BCUT2D eigenvalue weighted by molar-refractivity contribution is -0.117. The van der Waals surface area contributed by atoms with E-state index in [1.165, 1.54) is 0 Å². The van der Waals surface area contributed by atoms with Crippen molar-refractivity contribution in [2.24, 2.45) is 0 Å². The fraction of sp³-hybridized carbons (Fsp3) is 0.417. The molecule has 1 N–H and O–H groups in total. The summed E-state index contributed by atoms with van der Waals surface area (Å²) < 4.78 is 5.52. The van der Waals surface area contributed by atoms with E-state index in [4.69, 9.17) is 4.74 Å². The second kappa shape index (κ2) is 8.68. The predicted molar refractivity (Wildman–Crippen MR) is 116 cm³/mol. The summed E-state index contributed by atoms with van der Waals surface area (Å²) in [5.41, 5.74) is 4.74. The number of rotatable bonds is 6. The highest BCUT2D eigenvalue weighted by Gasteiger charge is 2.22. The van der Waals surface area contributed by atoms with Crippen LogP contribution in [-0.4, -0.2) is 25.5 Å². The van der Waals surface area contributed by atoms with Crippen molar-refractivity contribution in [1.82, 2.24) is 5.32 Å². The summed E-state index contributed by atoms with van der Waals surface area (Å²) in [6, 6.07) is 11.3. The maximum atomic E-state index is 12.8. The van der Waals surface area contributed by atoms with Gasteiger partial charge in [0.05, 0.1) is 13.2 Å². The largest absolute Gasteiger partial charge is 0.496 e. The van der Waals surface area contributed by atoms with Gasteiger partial charge >= 0.3 is 0 Å². The van der Waals surface area contributed by atoms with Crippen molar-refractivity contribution in [3.8, 4) is 5.75 Å². The summed E-state index contributed by atoms with van der Waals surface area (Å²) in [6.45, 7) is 9.04. The molecule has 5 heteroatoms. The number of benzene rings is 2. The van der Waals surface area contributed by atoms with Crippen LogP contribution in [0.25, 0.3) is 0 Å². The number of carbonyl (C=O) groups is 2. The van der Waals surface area contributed by atoms with E-state index in [0.717, 1.165) is 41.1 Å². The number of aryl methyl sites for hydroxylation is 1. The number of ether oxygens (including phenoxy) is 1. The van der Waals surface area contributed by atoms with Crippen LogP contribution in [-0.2, 0) is 4.79 Å². The number of methoxy groups -OCH3 is 1. The third kappa shape index (κ3) is 4.44. The predicted octanol–water partition coefficient (Wildman–Crippen LogP) is 4.74. The number of carbonyl (C=O) groups excluding carboxylic acids is 2. The Balaban J connectivity index is 1.75. The Kier molecular flexibility index (Phi) is 6.26. The molecule has 2 amide bonds. The third-order valence-electron chi connectivity index (χ3n) is 5.57. The van der Waals surface area contributed by atoms with Gasteiger partial charge in [-0.3, -0.25) is 9.59 Å². The summed E-state index contributed by atoms with van der Waals surface area (Å²) in [5.74, 6) is 1.23. The molecule has 1 saturated heterocycles. The molecule has 1 heterocycles. The minimum Gasteiger partial charge on any atom is -0.496 e. The van der Waals surface area contributed by atoms with E-state index in [0.29, 0.717) is 17.9 Å². The Hall–Kier alpha value is -2.82. The minimum absolute atomic E-state index is 0.127. The zero-order chi connectivity index (χ0) is 21.1. The van der Waals surface area contributed by atoms with Gasteiger partial charge in [-0.2, -0.15) is 0 Å². The van der Waals surface area contributed by atoms with E-state index in [1.807, 2.05) is 32.0 Å². The van der Waals surface area contributed by atoms with Gasteiger partial charge < -0.3 is 15.0 Å². The SMILES string of the molecule is COc1cc(C)c([C@@H](C)NC(=O)c2ccc(N3CCCC3=O)cc2)cc1C(C)C. The van der Waals surface area contributed by atoms with Gasteiger partial charge in [-0.1, -0.05) is 13.8 Å². The van der Waals surface area contributed by atoms with Crippen molar-refractivity contribution in [1.29, 1.82) is 0 Å². The molecule has 0 unspecified atom stereocenters. The molecule has 0 spiro atoms. The lowest BCUT2D eigenvalue weighted by Crippen LogP contribution is -2.27. The van der Waals surface area contributed by atoms with Crippen molar-refractivity contribution in [2.45, 2.75) is 52.5 Å². The number of nitrogens with one attached hydrogen (secondary N) is 1. The molecule has 2 aromatic carbocycles. The zero-order valence-electron chi connectivity index (χ0n) is 17.9. The molecule has 1 aliphatic heterocycles. The number of hydrogen-bond donors (Lipinski definition) is 1. The average Bonchev–Trinajstić information content (AvgIpc) is 3.13. The zero-order valence-corrected chi connectivity index (χ0v) is 17.9. The molecule has 2 aromatic rings. The van der Waals surface area contributed by atoms with Crippen LogP contribution in [0.2, 0.25) is 0 Å². The summed E-state index contributed by atoms with van der Waals surface area (Å²) >= 11 is 0. The fourth-order valence-corrected chi connectivity index (χ4v) is 3.88. The Morgan fingerprint density at radius 2 is 1.79 bits per heavy atom. The summed E-state index contributed by atoms with van der Waals surface area (Å²) in [4.78, 5) is 26.4. The average molecular weight is 395 g/mol. The number of nitrogens with zero attached hydrogens (tertiary/aromatic N) is 1. The van der Waals surface area contributed by atoms with E-state index in [9.17, 15) is 9.59 Å². The van der Waals surface area contributed by atoms with Crippen LogP contribution in [0.15, 0.2) is 36.4 Å². The molecule has 1 aliphatic rings. The van der Waals surface area contributed by atoms with Gasteiger partial charge in [0.15, 0.2) is 0 Å². The molecule has 0 bridgehead atoms. The van der Waals surface area contributed by atoms with Gasteiger partial charge in [-0.05, 0) is 79.3 Å². The first-order chi connectivity index (χ1) is 13.8. The third-order valence-corrected chi connectivity index (χ3v) is 5.57. The second-order valence-electron chi connectivity index (χ2n) is 8.00. The van der Waals surface area contributed by atoms with Gasteiger partial charge in [-0.25, -0.2) is 0 Å². The van der Waals surface area contributed by atoms with Crippen molar-refractivity contribution in [2.75, 3.05) is 18.6 Å². The Bertz CT molecular complexity index is 903. The van der Waals surface area contributed by atoms with Gasteiger partial charge in [0.2, 0.25) is 5.91 Å². The molecule has 0 aromatic heterocycles. The van der Waals surface area contributed by atoms with Gasteiger partial charge in [0.25, 0.3) is 5.91 Å². The standard InChI is InChI=1S/C24H30N2O3/c1-15(2)20-14-21(16(3)13-22(20)29-5)17(4)25-24(28)18-8-10-19(11-9-18)26-12-6-7-23(26)27/h8-11,13-15,17H,6-7,12H2,1-5H3,(H,25,28)/t17-/m1/s1. The Morgan fingerprint density at radius 1 is 1.10 bits per heavy atom. The first kappa shape index (κ1) is 20.9. The highest BCUT2D eigenvalue weighted by Crippen LogP contribution is 2.32. The van der Waals surface area contributed by atoms with Crippen LogP contribution in [0.4, 0.5) is 5.69 Å². The summed E-state index contributed by atoms with van der Waals surface area (Å²) in [5, 5.41) is 3.09. The lowest BCUT2D eigenvalue weighted by Gasteiger charge is -2.21. The second-order valence-corrected chi connectivity index (χ2v) is 8.00. The van der Waals surface area contributed by atoms with Crippen LogP contribution >= 0.6 is 0 Å². The van der Waals surface area contributed by atoms with Crippen molar-refractivity contribution in [3.63, 3.8) is 0 Å². The molecule has 0 saturated carbocycles. The first-order valence-corrected chi connectivity index (χ1v) is 10.2. The van der Waals surface area contributed by atoms with Crippen LogP contribution in [0.1, 0.15) is 72.6 Å². The van der Waals surface area contributed by atoms with Gasteiger partial charge in [0.1, 0.15) is 5.75 Å². The molecule has 3 rings (SSSR count). The van der Waals surface area contributed by atoms with Crippen LogP contribution < -0.4 is 15.0 Å². The molecule has 1 fully saturated rings. The maximum absolute atomic E-state index is 12.8. The van der Waals surface area contributed by atoms with Crippen LogP contribution in [0, 0.1) is 6.92 Å². The van der Waals surface area contributed by atoms with Crippen molar-refractivity contribution < 1.29 is 14.3 Å². The molecule has 154 valence electrons. The van der Waals surface area contributed by atoms with E-state index in [2.05, 4.69) is 25.2 Å². The van der Waals surface area contributed by atoms with Crippen LogP contribution in [0.3, 0.4) is 0 Å². The number of hydrogen-bond acceptors (Lipinski definition) is 3. The minimum atomic E-state index is -0.134. The molecule has 29 heavy (non-hydrogen) atoms. The van der Waals surface area contributed by atoms with Crippen molar-refractivity contribution in [3.05, 3.63) is 58.7 Å². The monoisotopic (exact) mass is 394 g/mol. The van der Waals surface area contributed by atoms with E-state index < -0.39 is 0 Å². The Labute approximate surface area is 173 Å². The molecule has 0 aliphatic carbocycles. The lowest BCUT2D eigenvalue weighted by atomic mass is 9.93. The van der Waals surface area contributed by atoms with E-state index >= 15 is 0 Å². The molecule has 5 nitrogen and oxygen atoms in total. The topological polar surface area (TPSA) is 58.6 Å². The fourth-order valence-electron chi connectivity index (χ4n) is 3.88. The number of anilines is 1. The molecule has 0 radical (unpaired) electrons. The smallest absolute Gasteiger partial charge is 0.251 e. The number of amides is 2. The van der Waals surface area contributed by atoms with Crippen molar-refractivity contribution >= 4 is 17.5 Å². The first-order valence-electron chi connectivity index (χ1n) is 10.2. The maximum Gasteiger partial charge on any atom is 0.251 e. The Morgan fingerprint density at radius 3 is 2.34 bits per heavy atom. The van der Waals surface area contributed by atoms with E-state index in [-0.39, 0.29) is 17.9 Å². The summed E-state index contributed by atoms with van der Waals surface area (Å²) in [6.07, 6.45) is 1.48. The van der Waals surface area contributed by atoms with Gasteiger partial charge in [0, 0.05) is 24.2 Å². The quantitative estimate of drug-likeness (QED) is 0.769. The summed E-state index contributed by atoms with van der Waals surface area (Å²) in [7, 11) is 1.69. The highest BCUT2D eigenvalue weighted by atomic mass is 16.5.